The predicted molar refractivity (Wildman–Crippen MR) is 71.2 cm³/mol. The quantitative estimate of drug-likeness (QED) is 0.810. The van der Waals surface area contributed by atoms with Gasteiger partial charge < -0.3 is 10.1 Å². The van der Waals surface area contributed by atoms with Gasteiger partial charge in [0.1, 0.15) is 0 Å². The van der Waals surface area contributed by atoms with E-state index in [1.165, 1.54) is 25.9 Å². The summed E-state index contributed by atoms with van der Waals surface area (Å²) >= 11 is 0. The van der Waals surface area contributed by atoms with Gasteiger partial charge in [0.2, 0.25) is 0 Å². The van der Waals surface area contributed by atoms with Gasteiger partial charge in [-0.1, -0.05) is 13.8 Å². The predicted octanol–water partition coefficient (Wildman–Crippen LogP) is 1.73. The molecule has 0 spiro atoms. The second-order valence-corrected chi connectivity index (χ2v) is 6.14. The zero-order chi connectivity index (χ0) is 12.3. The van der Waals surface area contributed by atoms with E-state index in [0.717, 1.165) is 31.6 Å². The summed E-state index contributed by atoms with van der Waals surface area (Å²) in [6.45, 7) is 12.5. The fourth-order valence-corrected chi connectivity index (χ4v) is 3.18. The van der Waals surface area contributed by atoms with Crippen molar-refractivity contribution in [1.29, 1.82) is 0 Å². The van der Waals surface area contributed by atoms with Crippen molar-refractivity contribution in [1.82, 2.24) is 10.2 Å². The lowest BCUT2D eigenvalue weighted by Gasteiger charge is -2.40. The smallest absolute Gasteiger partial charge is 0.0509 e. The molecule has 0 amide bonds. The Morgan fingerprint density at radius 2 is 2.18 bits per heavy atom. The third-order valence-corrected chi connectivity index (χ3v) is 4.27. The highest BCUT2D eigenvalue weighted by atomic mass is 16.5. The molecule has 3 unspecified atom stereocenters. The maximum absolute atomic E-state index is 5.52. The third kappa shape index (κ3) is 3.67. The Labute approximate surface area is 106 Å². The Balaban J connectivity index is 1.83. The van der Waals surface area contributed by atoms with Crippen LogP contribution in [-0.4, -0.2) is 49.8 Å². The molecule has 3 heteroatoms. The minimum atomic E-state index is 0.688. The fraction of sp³-hybridized carbons (Fsp3) is 1.00. The second kappa shape index (κ2) is 6.17. The van der Waals surface area contributed by atoms with Gasteiger partial charge in [-0.05, 0) is 31.6 Å². The van der Waals surface area contributed by atoms with Gasteiger partial charge in [-0.3, -0.25) is 4.90 Å². The standard InChI is InChI=1S/C14H28N2O/c1-11(2)8-14-9-16(6-5-15-14)12(3)13-4-7-17-10-13/h11-15H,4-10H2,1-3H3. The Kier molecular flexibility index (Phi) is 4.83. The lowest BCUT2D eigenvalue weighted by atomic mass is 9.96. The summed E-state index contributed by atoms with van der Waals surface area (Å²) in [5, 5.41) is 3.65. The first kappa shape index (κ1) is 13.3. The van der Waals surface area contributed by atoms with Gasteiger partial charge in [-0.2, -0.15) is 0 Å². The average molecular weight is 240 g/mol. The number of nitrogens with one attached hydrogen (secondary N) is 1. The molecule has 2 fully saturated rings. The minimum Gasteiger partial charge on any atom is -0.381 e. The topological polar surface area (TPSA) is 24.5 Å². The van der Waals surface area contributed by atoms with Crippen molar-refractivity contribution < 1.29 is 4.74 Å². The molecule has 0 aromatic heterocycles. The van der Waals surface area contributed by atoms with Gasteiger partial charge in [0.25, 0.3) is 0 Å². The molecule has 1 N–H and O–H groups in total. The molecule has 0 aromatic carbocycles. The van der Waals surface area contributed by atoms with Crippen molar-refractivity contribution in [3.8, 4) is 0 Å². The molecule has 2 heterocycles. The van der Waals surface area contributed by atoms with E-state index in [2.05, 4.69) is 31.0 Å². The van der Waals surface area contributed by atoms with Crippen LogP contribution in [0.4, 0.5) is 0 Å². The van der Waals surface area contributed by atoms with Gasteiger partial charge >= 0.3 is 0 Å². The molecule has 100 valence electrons. The van der Waals surface area contributed by atoms with E-state index in [9.17, 15) is 0 Å². The summed E-state index contributed by atoms with van der Waals surface area (Å²) < 4.78 is 5.52. The molecule has 0 saturated carbocycles. The van der Waals surface area contributed by atoms with Crippen LogP contribution < -0.4 is 5.32 Å². The monoisotopic (exact) mass is 240 g/mol. The highest BCUT2D eigenvalue weighted by Gasteiger charge is 2.30. The van der Waals surface area contributed by atoms with Crippen molar-refractivity contribution in [3.05, 3.63) is 0 Å². The highest BCUT2D eigenvalue weighted by Crippen LogP contribution is 2.22. The molecule has 3 nitrogen and oxygen atoms in total. The van der Waals surface area contributed by atoms with Gasteiger partial charge in [-0.15, -0.1) is 0 Å². The van der Waals surface area contributed by atoms with E-state index in [1.807, 2.05) is 0 Å². The Hall–Kier alpha value is -0.120. The van der Waals surface area contributed by atoms with Crippen molar-refractivity contribution >= 4 is 0 Å². The first-order valence-electron chi connectivity index (χ1n) is 7.22. The van der Waals surface area contributed by atoms with Crippen molar-refractivity contribution in [2.24, 2.45) is 11.8 Å². The molecular weight excluding hydrogens is 212 g/mol. The fourth-order valence-electron chi connectivity index (χ4n) is 3.18. The summed E-state index contributed by atoms with van der Waals surface area (Å²) in [5.41, 5.74) is 0. The van der Waals surface area contributed by atoms with Crippen LogP contribution in [0.5, 0.6) is 0 Å². The van der Waals surface area contributed by atoms with Crippen molar-refractivity contribution in [2.75, 3.05) is 32.8 Å². The SMILES string of the molecule is CC(C)CC1CN(C(C)C2CCOC2)CCN1. The van der Waals surface area contributed by atoms with Gasteiger partial charge in [-0.25, -0.2) is 0 Å². The van der Waals surface area contributed by atoms with Crippen LogP contribution in [-0.2, 0) is 4.74 Å². The van der Waals surface area contributed by atoms with E-state index < -0.39 is 0 Å². The van der Waals surface area contributed by atoms with E-state index in [0.29, 0.717) is 12.1 Å². The van der Waals surface area contributed by atoms with Crippen LogP contribution in [0.25, 0.3) is 0 Å². The largest absolute Gasteiger partial charge is 0.381 e. The Morgan fingerprint density at radius 3 is 2.82 bits per heavy atom. The van der Waals surface area contributed by atoms with Crippen LogP contribution in [0.1, 0.15) is 33.6 Å². The summed E-state index contributed by atoms with van der Waals surface area (Å²) in [6, 6.07) is 1.38. The number of hydrogen-bond acceptors (Lipinski definition) is 3. The van der Waals surface area contributed by atoms with Gasteiger partial charge in [0, 0.05) is 38.3 Å². The average Bonchev–Trinajstić information content (AvgIpc) is 2.81. The van der Waals surface area contributed by atoms with E-state index in [4.69, 9.17) is 4.74 Å². The highest BCUT2D eigenvalue weighted by molar-refractivity contribution is 4.86. The van der Waals surface area contributed by atoms with E-state index in [-0.39, 0.29) is 0 Å². The van der Waals surface area contributed by atoms with Gasteiger partial charge in [0.05, 0.1) is 6.61 Å². The lowest BCUT2D eigenvalue weighted by molar-refractivity contribution is 0.0958. The molecular formula is C14H28N2O. The molecule has 2 rings (SSSR count). The first-order chi connectivity index (χ1) is 8.16. The number of piperazine rings is 1. The van der Waals surface area contributed by atoms with E-state index >= 15 is 0 Å². The molecule has 2 aliphatic heterocycles. The van der Waals surface area contributed by atoms with E-state index in [1.54, 1.807) is 0 Å². The molecule has 0 radical (unpaired) electrons. The normalized spacial score (nSPS) is 33.2. The summed E-state index contributed by atoms with van der Waals surface area (Å²) in [5.74, 6) is 1.55. The summed E-state index contributed by atoms with van der Waals surface area (Å²) in [4.78, 5) is 2.67. The van der Waals surface area contributed by atoms with Crippen LogP contribution in [0.15, 0.2) is 0 Å². The van der Waals surface area contributed by atoms with Crippen LogP contribution in [0.2, 0.25) is 0 Å². The van der Waals surface area contributed by atoms with Crippen LogP contribution in [0, 0.1) is 11.8 Å². The molecule has 0 aromatic rings. The van der Waals surface area contributed by atoms with Crippen LogP contribution >= 0.6 is 0 Å². The summed E-state index contributed by atoms with van der Waals surface area (Å²) in [7, 11) is 0. The molecule has 3 atom stereocenters. The van der Waals surface area contributed by atoms with Gasteiger partial charge in [0.15, 0.2) is 0 Å². The maximum Gasteiger partial charge on any atom is 0.0509 e. The molecule has 17 heavy (non-hydrogen) atoms. The zero-order valence-corrected chi connectivity index (χ0v) is 11.6. The Morgan fingerprint density at radius 1 is 1.35 bits per heavy atom. The number of rotatable bonds is 4. The molecule has 2 aliphatic rings. The van der Waals surface area contributed by atoms with Crippen molar-refractivity contribution in [3.63, 3.8) is 0 Å². The van der Waals surface area contributed by atoms with Crippen LogP contribution in [0.3, 0.4) is 0 Å². The maximum atomic E-state index is 5.52. The molecule has 0 aliphatic carbocycles. The number of hydrogen-bond donors (Lipinski definition) is 1. The minimum absolute atomic E-state index is 0.688. The number of nitrogens with zero attached hydrogens (tertiary/aromatic N) is 1. The third-order valence-electron chi connectivity index (χ3n) is 4.27. The lowest BCUT2D eigenvalue weighted by Crippen LogP contribution is -2.55. The zero-order valence-electron chi connectivity index (χ0n) is 11.6. The molecule has 2 saturated heterocycles. The number of ether oxygens (including phenoxy) is 1. The van der Waals surface area contributed by atoms with Crippen molar-refractivity contribution in [2.45, 2.75) is 45.7 Å². The second-order valence-electron chi connectivity index (χ2n) is 6.14. The molecule has 0 bridgehead atoms. The first-order valence-corrected chi connectivity index (χ1v) is 7.22. The summed E-state index contributed by atoms with van der Waals surface area (Å²) in [6.07, 6.45) is 2.55. The Bertz CT molecular complexity index is 226.